The number of rotatable bonds is 6. The number of hydrogen-bond acceptors (Lipinski definition) is 3. The first-order chi connectivity index (χ1) is 11.1. The SMILES string of the molecule is C[Si](C)(C)Oc1ccc([C@@H](CCC(F)(F)F)N2CCNCC2)cc1.Cl. The van der Waals surface area contributed by atoms with Crippen molar-refractivity contribution in [2.24, 2.45) is 0 Å². The Hall–Kier alpha value is -0.763. The molecule has 0 amide bonds. The van der Waals surface area contributed by atoms with Crippen LogP contribution in [0.1, 0.15) is 24.4 Å². The minimum Gasteiger partial charge on any atom is -0.544 e. The fourth-order valence-corrected chi connectivity index (χ4v) is 3.81. The first kappa shape index (κ1) is 22.3. The van der Waals surface area contributed by atoms with Gasteiger partial charge in [-0.05, 0) is 43.8 Å². The summed E-state index contributed by atoms with van der Waals surface area (Å²) in [6.07, 6.45) is -4.78. The van der Waals surface area contributed by atoms with Crippen molar-refractivity contribution in [3.63, 3.8) is 0 Å². The van der Waals surface area contributed by atoms with Gasteiger partial charge in [-0.25, -0.2) is 0 Å². The molecular weight excluding hydrogens is 369 g/mol. The normalized spacial score (nSPS) is 17.7. The van der Waals surface area contributed by atoms with Crippen LogP contribution in [0.4, 0.5) is 13.2 Å². The molecule has 1 aromatic carbocycles. The van der Waals surface area contributed by atoms with Crippen molar-refractivity contribution in [2.45, 2.75) is 44.7 Å². The van der Waals surface area contributed by atoms with Gasteiger partial charge in [-0.15, -0.1) is 12.4 Å². The van der Waals surface area contributed by atoms with Crippen molar-refractivity contribution in [3.05, 3.63) is 29.8 Å². The van der Waals surface area contributed by atoms with Gasteiger partial charge in [0.25, 0.3) is 0 Å². The highest BCUT2D eigenvalue weighted by molar-refractivity contribution is 6.70. The fourth-order valence-electron chi connectivity index (χ4n) is 2.97. The average molecular weight is 397 g/mol. The molecule has 0 unspecified atom stereocenters. The van der Waals surface area contributed by atoms with Crippen LogP contribution in [0.2, 0.25) is 19.6 Å². The molecule has 1 aliphatic rings. The summed E-state index contributed by atoms with van der Waals surface area (Å²) in [6.45, 7) is 9.50. The van der Waals surface area contributed by atoms with Gasteiger partial charge in [-0.3, -0.25) is 4.90 Å². The first-order valence-electron chi connectivity index (χ1n) is 8.44. The van der Waals surface area contributed by atoms with Crippen molar-refractivity contribution in [1.29, 1.82) is 0 Å². The van der Waals surface area contributed by atoms with Crippen molar-refractivity contribution in [2.75, 3.05) is 26.2 Å². The highest BCUT2D eigenvalue weighted by Crippen LogP contribution is 2.32. The lowest BCUT2D eigenvalue weighted by Gasteiger charge is -2.35. The zero-order valence-electron chi connectivity index (χ0n) is 15.0. The Kier molecular flexibility index (Phi) is 8.25. The number of halogens is 4. The van der Waals surface area contributed by atoms with Gasteiger partial charge in [0, 0.05) is 38.6 Å². The molecule has 0 aliphatic carbocycles. The number of piperazine rings is 1. The lowest BCUT2D eigenvalue weighted by Crippen LogP contribution is -2.45. The first-order valence-corrected chi connectivity index (χ1v) is 11.9. The number of benzene rings is 1. The third-order valence-corrected chi connectivity index (χ3v) is 4.83. The molecule has 2 rings (SSSR count). The molecule has 0 radical (unpaired) electrons. The molecule has 1 fully saturated rings. The van der Waals surface area contributed by atoms with E-state index in [1.54, 1.807) is 0 Å². The summed E-state index contributed by atoms with van der Waals surface area (Å²) in [7, 11) is -1.68. The largest absolute Gasteiger partial charge is 0.544 e. The summed E-state index contributed by atoms with van der Waals surface area (Å²) >= 11 is 0. The van der Waals surface area contributed by atoms with Crippen molar-refractivity contribution in [1.82, 2.24) is 10.2 Å². The third-order valence-electron chi connectivity index (χ3n) is 3.98. The quantitative estimate of drug-likeness (QED) is 0.710. The van der Waals surface area contributed by atoms with Crippen molar-refractivity contribution < 1.29 is 17.6 Å². The van der Waals surface area contributed by atoms with Gasteiger partial charge in [0.05, 0.1) is 0 Å². The average Bonchev–Trinajstić information content (AvgIpc) is 2.47. The highest BCUT2D eigenvalue weighted by Gasteiger charge is 2.31. The van der Waals surface area contributed by atoms with E-state index in [-0.39, 0.29) is 24.9 Å². The van der Waals surface area contributed by atoms with Crippen LogP contribution in [0.5, 0.6) is 5.75 Å². The Balaban J connectivity index is 0.00000312. The lowest BCUT2D eigenvalue weighted by molar-refractivity contribution is -0.138. The lowest BCUT2D eigenvalue weighted by atomic mass is 9.99. The summed E-state index contributed by atoms with van der Waals surface area (Å²) < 4.78 is 44.0. The monoisotopic (exact) mass is 396 g/mol. The van der Waals surface area contributed by atoms with E-state index in [0.29, 0.717) is 0 Å². The van der Waals surface area contributed by atoms with E-state index in [4.69, 9.17) is 4.43 Å². The van der Waals surface area contributed by atoms with Gasteiger partial charge >= 0.3 is 6.18 Å². The molecule has 1 heterocycles. The van der Waals surface area contributed by atoms with Crippen molar-refractivity contribution in [3.8, 4) is 5.75 Å². The molecule has 0 aromatic heterocycles. The second-order valence-electron chi connectivity index (χ2n) is 7.24. The maximum atomic E-state index is 12.7. The molecule has 1 saturated heterocycles. The summed E-state index contributed by atoms with van der Waals surface area (Å²) in [5.41, 5.74) is 0.934. The summed E-state index contributed by atoms with van der Waals surface area (Å²) in [6, 6.07) is 7.40. The molecule has 1 aromatic rings. The van der Waals surface area contributed by atoms with Gasteiger partial charge in [0.15, 0.2) is 0 Å². The highest BCUT2D eigenvalue weighted by atomic mass is 35.5. The van der Waals surface area contributed by atoms with Gasteiger partial charge in [-0.2, -0.15) is 13.2 Å². The van der Waals surface area contributed by atoms with E-state index in [9.17, 15) is 13.2 Å². The number of nitrogens with one attached hydrogen (secondary N) is 1. The fraction of sp³-hybridized carbons (Fsp3) is 0.647. The third kappa shape index (κ3) is 7.98. The smallest absolute Gasteiger partial charge is 0.389 e. The van der Waals surface area contributed by atoms with Crippen LogP contribution in [0.15, 0.2) is 24.3 Å². The maximum absolute atomic E-state index is 12.7. The zero-order chi connectivity index (χ0) is 17.8. The zero-order valence-corrected chi connectivity index (χ0v) is 16.8. The molecule has 144 valence electrons. The Bertz CT molecular complexity index is 514. The van der Waals surface area contributed by atoms with Gasteiger partial charge in [0.1, 0.15) is 5.75 Å². The Morgan fingerprint density at radius 1 is 1.12 bits per heavy atom. The van der Waals surface area contributed by atoms with Crippen LogP contribution in [-0.4, -0.2) is 45.6 Å². The molecule has 3 nitrogen and oxygen atoms in total. The summed E-state index contributed by atoms with van der Waals surface area (Å²) in [5.74, 6) is 0.799. The molecule has 1 N–H and O–H groups in total. The molecule has 8 heteroatoms. The molecule has 1 atom stereocenters. The predicted octanol–water partition coefficient (Wildman–Crippen LogP) is 4.61. The van der Waals surface area contributed by atoms with Gasteiger partial charge in [0.2, 0.25) is 8.32 Å². The van der Waals surface area contributed by atoms with Crippen LogP contribution >= 0.6 is 12.4 Å². The maximum Gasteiger partial charge on any atom is 0.389 e. The van der Waals surface area contributed by atoms with Crippen LogP contribution < -0.4 is 9.74 Å². The van der Waals surface area contributed by atoms with E-state index >= 15 is 0 Å². The van der Waals surface area contributed by atoms with Crippen LogP contribution in [0.3, 0.4) is 0 Å². The van der Waals surface area contributed by atoms with Gasteiger partial charge in [-0.1, -0.05) is 12.1 Å². The van der Waals surface area contributed by atoms with Crippen LogP contribution in [0, 0.1) is 0 Å². The topological polar surface area (TPSA) is 24.5 Å². The summed E-state index contributed by atoms with van der Waals surface area (Å²) in [4.78, 5) is 2.15. The Labute approximate surface area is 155 Å². The van der Waals surface area contributed by atoms with Crippen molar-refractivity contribution >= 4 is 20.7 Å². The van der Waals surface area contributed by atoms with E-state index in [2.05, 4.69) is 29.9 Å². The van der Waals surface area contributed by atoms with Gasteiger partial charge < -0.3 is 9.74 Å². The number of alkyl halides is 3. The second-order valence-corrected chi connectivity index (χ2v) is 11.7. The second kappa shape index (κ2) is 9.25. The van der Waals surface area contributed by atoms with E-state index < -0.39 is 20.9 Å². The minimum absolute atomic E-state index is 0. The number of nitrogens with zero attached hydrogens (tertiary/aromatic N) is 1. The van der Waals surface area contributed by atoms with Crippen LogP contribution in [-0.2, 0) is 0 Å². The Morgan fingerprint density at radius 2 is 1.68 bits per heavy atom. The Morgan fingerprint density at radius 3 is 2.16 bits per heavy atom. The molecule has 0 saturated carbocycles. The summed E-state index contributed by atoms with van der Waals surface area (Å²) in [5, 5.41) is 3.25. The van der Waals surface area contributed by atoms with E-state index in [1.807, 2.05) is 24.3 Å². The molecule has 25 heavy (non-hydrogen) atoms. The molecule has 0 bridgehead atoms. The predicted molar refractivity (Wildman–Crippen MR) is 100 cm³/mol. The van der Waals surface area contributed by atoms with E-state index in [1.165, 1.54) is 0 Å². The minimum atomic E-state index is -4.12. The molecule has 0 spiro atoms. The standard InChI is InChI=1S/C17H27F3N2OSi.ClH/c1-24(2,3)23-15-6-4-14(5-7-15)16(8-9-17(18,19)20)22-12-10-21-11-13-22;/h4-7,16,21H,8-13H2,1-3H3;1H/t16-;/m1./s1. The molecule has 1 aliphatic heterocycles. The molecular formula is C17H28ClF3N2OSi. The van der Waals surface area contributed by atoms with E-state index in [0.717, 1.165) is 37.5 Å². The van der Waals surface area contributed by atoms with Crippen LogP contribution in [0.25, 0.3) is 0 Å². The number of hydrogen-bond donors (Lipinski definition) is 1.